The predicted octanol–water partition coefficient (Wildman–Crippen LogP) is 3.95. The molecule has 1 aliphatic carbocycles. The van der Waals surface area contributed by atoms with Gasteiger partial charge in [0.25, 0.3) is 0 Å². The van der Waals surface area contributed by atoms with E-state index in [1.807, 2.05) is 0 Å². The van der Waals surface area contributed by atoms with Crippen LogP contribution in [0.5, 0.6) is 0 Å². The molecule has 23 heavy (non-hydrogen) atoms. The molecule has 122 valence electrons. The zero-order chi connectivity index (χ0) is 16.6. The van der Waals surface area contributed by atoms with E-state index in [1.54, 1.807) is 6.92 Å². The van der Waals surface area contributed by atoms with Crippen LogP contribution in [-0.4, -0.2) is 22.4 Å². The van der Waals surface area contributed by atoms with Crippen molar-refractivity contribution in [1.82, 2.24) is 9.78 Å². The molecule has 0 spiro atoms. The number of nitrogens with zero attached hydrogens (tertiary/aromatic N) is 2. The highest BCUT2D eigenvalue weighted by molar-refractivity contribution is 5.91. The highest BCUT2D eigenvalue weighted by Crippen LogP contribution is 2.44. The first-order chi connectivity index (χ1) is 10.9. The number of halogens is 3. The second-order valence-corrected chi connectivity index (χ2v) is 5.36. The summed E-state index contributed by atoms with van der Waals surface area (Å²) < 4.78 is 45.9. The maximum absolute atomic E-state index is 13.2. The number of carbonyl (C=O) groups excluding carboxylic acids is 1. The number of alkyl halides is 3. The Morgan fingerprint density at radius 1 is 1.35 bits per heavy atom. The lowest BCUT2D eigenvalue weighted by molar-refractivity contribution is -0.137. The summed E-state index contributed by atoms with van der Waals surface area (Å²) in [5.74, 6) is -0.511. The third-order valence-electron chi connectivity index (χ3n) is 3.70. The maximum atomic E-state index is 13.2. The summed E-state index contributed by atoms with van der Waals surface area (Å²) in [6.45, 7) is 1.88. The van der Waals surface area contributed by atoms with Crippen molar-refractivity contribution in [3.63, 3.8) is 0 Å². The number of esters is 1. The molecule has 0 aliphatic heterocycles. The molecule has 0 radical (unpaired) electrons. The Kier molecular flexibility index (Phi) is 3.87. The number of rotatable bonds is 4. The Bertz CT molecular complexity index is 733. The van der Waals surface area contributed by atoms with Gasteiger partial charge in [-0.3, -0.25) is 0 Å². The van der Waals surface area contributed by atoms with Crippen molar-refractivity contribution in [3.05, 3.63) is 47.3 Å². The lowest BCUT2D eigenvalue weighted by Gasteiger charge is -2.15. The van der Waals surface area contributed by atoms with Crippen LogP contribution >= 0.6 is 0 Å². The summed E-state index contributed by atoms with van der Waals surface area (Å²) in [5.41, 5.74) is -0.107. The van der Waals surface area contributed by atoms with Gasteiger partial charge >= 0.3 is 12.1 Å². The molecule has 1 fully saturated rings. The number of hydrogen-bond donors (Lipinski definition) is 0. The van der Waals surface area contributed by atoms with E-state index in [4.69, 9.17) is 4.74 Å². The van der Waals surface area contributed by atoms with E-state index in [0.29, 0.717) is 5.69 Å². The first kappa shape index (κ1) is 15.6. The second-order valence-electron chi connectivity index (χ2n) is 5.36. The topological polar surface area (TPSA) is 44.1 Å². The van der Waals surface area contributed by atoms with Gasteiger partial charge in [-0.1, -0.05) is 12.1 Å². The van der Waals surface area contributed by atoms with Gasteiger partial charge in [0, 0.05) is 5.92 Å². The highest BCUT2D eigenvalue weighted by Gasteiger charge is 2.37. The van der Waals surface area contributed by atoms with E-state index in [-0.39, 0.29) is 23.8 Å². The third-order valence-corrected chi connectivity index (χ3v) is 3.70. The number of benzene rings is 1. The second kappa shape index (κ2) is 5.72. The standard InChI is InChI=1S/C16H15F3N2O2/c1-2-23-15(22)11-9-20-21(14(11)10-7-8-10)13-6-4-3-5-12(13)16(17,18)19/h3-6,9-10H,2,7-8H2,1H3. The van der Waals surface area contributed by atoms with E-state index in [0.717, 1.165) is 18.9 Å². The van der Waals surface area contributed by atoms with Crippen molar-refractivity contribution >= 4 is 5.97 Å². The average Bonchev–Trinajstić information content (AvgIpc) is 3.25. The summed E-state index contributed by atoms with van der Waals surface area (Å²) in [7, 11) is 0. The largest absolute Gasteiger partial charge is 0.462 e. The first-order valence-corrected chi connectivity index (χ1v) is 7.35. The molecule has 7 heteroatoms. The molecule has 1 aromatic carbocycles. The van der Waals surface area contributed by atoms with Crippen LogP contribution in [0.3, 0.4) is 0 Å². The number of carbonyl (C=O) groups is 1. The summed E-state index contributed by atoms with van der Waals surface area (Å²) in [6, 6.07) is 5.22. The van der Waals surface area contributed by atoms with Gasteiger partial charge in [-0.25, -0.2) is 9.48 Å². The van der Waals surface area contributed by atoms with Crippen LogP contribution in [-0.2, 0) is 10.9 Å². The molecule has 0 unspecified atom stereocenters. The van der Waals surface area contributed by atoms with Crippen molar-refractivity contribution in [2.45, 2.75) is 31.9 Å². The Hall–Kier alpha value is -2.31. The minimum atomic E-state index is -4.49. The molecule has 1 aromatic heterocycles. The van der Waals surface area contributed by atoms with Crippen molar-refractivity contribution in [1.29, 1.82) is 0 Å². The van der Waals surface area contributed by atoms with Crippen LogP contribution in [0.2, 0.25) is 0 Å². The van der Waals surface area contributed by atoms with Gasteiger partial charge in [0.2, 0.25) is 0 Å². The summed E-state index contributed by atoms with van der Waals surface area (Å²) >= 11 is 0. The fraction of sp³-hybridized carbons (Fsp3) is 0.375. The number of hydrogen-bond acceptors (Lipinski definition) is 3. The lowest BCUT2D eigenvalue weighted by atomic mass is 10.1. The van der Waals surface area contributed by atoms with E-state index in [9.17, 15) is 18.0 Å². The predicted molar refractivity (Wildman–Crippen MR) is 76.5 cm³/mol. The van der Waals surface area contributed by atoms with Gasteiger partial charge in [0.15, 0.2) is 0 Å². The SMILES string of the molecule is CCOC(=O)c1cnn(-c2ccccc2C(F)(F)F)c1C1CC1. The monoisotopic (exact) mass is 324 g/mol. The average molecular weight is 324 g/mol. The molecule has 0 atom stereocenters. The molecule has 1 aliphatic rings. The Balaban J connectivity index is 2.13. The molecule has 3 rings (SSSR count). The quantitative estimate of drug-likeness (QED) is 0.800. The van der Waals surface area contributed by atoms with Crippen LogP contribution in [0.1, 0.15) is 47.3 Å². The summed E-state index contributed by atoms with van der Waals surface area (Å²) in [5, 5.41) is 4.04. The molecule has 1 heterocycles. The lowest BCUT2D eigenvalue weighted by Crippen LogP contribution is -2.14. The number of aromatic nitrogens is 2. The molecule has 0 saturated heterocycles. The highest BCUT2D eigenvalue weighted by atomic mass is 19.4. The Morgan fingerprint density at radius 3 is 2.65 bits per heavy atom. The molecular formula is C16H15F3N2O2. The van der Waals surface area contributed by atoms with Crippen molar-refractivity contribution in [3.8, 4) is 5.69 Å². The van der Waals surface area contributed by atoms with Crippen molar-refractivity contribution in [2.75, 3.05) is 6.61 Å². The smallest absolute Gasteiger partial charge is 0.418 e. The molecule has 1 saturated carbocycles. The molecule has 0 N–H and O–H groups in total. The molecule has 2 aromatic rings. The van der Waals surface area contributed by atoms with E-state index < -0.39 is 17.7 Å². The molecule has 4 nitrogen and oxygen atoms in total. The summed E-state index contributed by atoms with van der Waals surface area (Å²) in [4.78, 5) is 12.0. The van der Waals surface area contributed by atoms with Crippen LogP contribution < -0.4 is 0 Å². The minimum Gasteiger partial charge on any atom is -0.462 e. The Labute approximate surface area is 130 Å². The zero-order valence-electron chi connectivity index (χ0n) is 12.4. The maximum Gasteiger partial charge on any atom is 0.418 e. The van der Waals surface area contributed by atoms with Crippen LogP contribution in [0, 0.1) is 0 Å². The Morgan fingerprint density at radius 2 is 2.04 bits per heavy atom. The molecule has 0 bridgehead atoms. The fourth-order valence-corrected chi connectivity index (χ4v) is 2.56. The van der Waals surface area contributed by atoms with E-state index in [1.165, 1.54) is 29.1 Å². The minimum absolute atomic E-state index is 0.0400. The van der Waals surface area contributed by atoms with Gasteiger partial charge in [0.1, 0.15) is 5.56 Å². The van der Waals surface area contributed by atoms with Crippen molar-refractivity contribution < 1.29 is 22.7 Å². The van der Waals surface area contributed by atoms with Crippen LogP contribution in [0.25, 0.3) is 5.69 Å². The summed E-state index contributed by atoms with van der Waals surface area (Å²) in [6.07, 6.45) is -1.55. The van der Waals surface area contributed by atoms with E-state index >= 15 is 0 Å². The van der Waals surface area contributed by atoms with Gasteiger partial charge < -0.3 is 4.74 Å². The normalized spacial score (nSPS) is 14.8. The van der Waals surface area contributed by atoms with Gasteiger partial charge in [0.05, 0.1) is 29.7 Å². The number of ether oxygens (including phenoxy) is 1. The first-order valence-electron chi connectivity index (χ1n) is 7.35. The van der Waals surface area contributed by atoms with Crippen LogP contribution in [0.15, 0.2) is 30.5 Å². The van der Waals surface area contributed by atoms with Gasteiger partial charge in [-0.2, -0.15) is 18.3 Å². The fourth-order valence-electron chi connectivity index (χ4n) is 2.56. The number of para-hydroxylation sites is 1. The molecule has 0 amide bonds. The zero-order valence-corrected chi connectivity index (χ0v) is 12.4. The van der Waals surface area contributed by atoms with Crippen molar-refractivity contribution in [2.24, 2.45) is 0 Å². The molecular weight excluding hydrogens is 309 g/mol. The van der Waals surface area contributed by atoms with E-state index in [2.05, 4.69) is 5.10 Å². The van der Waals surface area contributed by atoms with Gasteiger partial charge in [-0.05, 0) is 31.9 Å². The van der Waals surface area contributed by atoms with Crippen LogP contribution in [0.4, 0.5) is 13.2 Å². The third kappa shape index (κ3) is 2.95. The van der Waals surface area contributed by atoms with Gasteiger partial charge in [-0.15, -0.1) is 0 Å².